The first-order valence-electron chi connectivity index (χ1n) is 5.57. The predicted molar refractivity (Wildman–Crippen MR) is 69.0 cm³/mol. The quantitative estimate of drug-likeness (QED) is 0.804. The minimum Gasteiger partial charge on any atom is -0.273 e. The first-order valence-corrected chi connectivity index (χ1v) is 7.63. The second-order valence-electron chi connectivity index (χ2n) is 4.24. The van der Waals surface area contributed by atoms with Gasteiger partial charge in [0.1, 0.15) is 9.84 Å². The standard InChI is InChI=1S/C12H14N2O3S/c1-18(16,17)8-7-14-12(15)9-11(13-14)10-5-3-2-4-6-10/h2-6H,7-9H2,1H3. The van der Waals surface area contributed by atoms with Crippen molar-refractivity contribution in [1.82, 2.24) is 5.01 Å². The van der Waals surface area contributed by atoms with Crippen molar-refractivity contribution in [3.63, 3.8) is 0 Å². The van der Waals surface area contributed by atoms with Crippen molar-refractivity contribution in [1.29, 1.82) is 0 Å². The molecule has 1 aliphatic heterocycles. The molecular formula is C12H14N2O3S. The Morgan fingerprint density at radius 1 is 1.28 bits per heavy atom. The van der Waals surface area contributed by atoms with Crippen molar-refractivity contribution in [3.8, 4) is 0 Å². The van der Waals surface area contributed by atoms with Crippen molar-refractivity contribution < 1.29 is 13.2 Å². The average molecular weight is 266 g/mol. The summed E-state index contributed by atoms with van der Waals surface area (Å²) >= 11 is 0. The first kappa shape index (κ1) is 12.8. The maximum absolute atomic E-state index is 11.7. The average Bonchev–Trinajstić information content (AvgIpc) is 2.68. The third-order valence-electron chi connectivity index (χ3n) is 2.63. The molecule has 2 rings (SSSR count). The van der Waals surface area contributed by atoms with Crippen LogP contribution in [0.4, 0.5) is 0 Å². The summed E-state index contributed by atoms with van der Waals surface area (Å²) in [6.07, 6.45) is 1.38. The van der Waals surface area contributed by atoms with Crippen LogP contribution in [0.15, 0.2) is 35.4 Å². The Balaban J connectivity index is 2.10. The molecule has 1 aromatic carbocycles. The largest absolute Gasteiger partial charge is 0.273 e. The molecule has 1 heterocycles. The van der Waals surface area contributed by atoms with E-state index < -0.39 is 9.84 Å². The highest BCUT2D eigenvalue weighted by molar-refractivity contribution is 7.90. The molecule has 0 unspecified atom stereocenters. The van der Waals surface area contributed by atoms with Crippen molar-refractivity contribution in [2.24, 2.45) is 5.10 Å². The Bertz CT molecular complexity index is 579. The number of carbonyl (C=O) groups is 1. The zero-order chi connectivity index (χ0) is 13.2. The van der Waals surface area contributed by atoms with Crippen LogP contribution in [-0.2, 0) is 14.6 Å². The number of sulfone groups is 1. The smallest absolute Gasteiger partial charge is 0.248 e. The minimum atomic E-state index is -3.08. The van der Waals surface area contributed by atoms with Gasteiger partial charge in [-0.25, -0.2) is 13.4 Å². The number of amides is 1. The van der Waals surface area contributed by atoms with E-state index in [1.165, 1.54) is 5.01 Å². The topological polar surface area (TPSA) is 66.8 Å². The monoisotopic (exact) mass is 266 g/mol. The number of rotatable bonds is 4. The van der Waals surface area contributed by atoms with Gasteiger partial charge >= 0.3 is 0 Å². The molecule has 1 aromatic rings. The van der Waals surface area contributed by atoms with E-state index in [1.54, 1.807) is 0 Å². The van der Waals surface area contributed by atoms with Gasteiger partial charge < -0.3 is 0 Å². The van der Waals surface area contributed by atoms with Crippen LogP contribution in [0.5, 0.6) is 0 Å². The molecule has 0 saturated carbocycles. The third-order valence-corrected chi connectivity index (χ3v) is 3.55. The summed E-state index contributed by atoms with van der Waals surface area (Å²) in [5.74, 6) is -0.220. The van der Waals surface area contributed by atoms with Crippen LogP contribution in [0.2, 0.25) is 0 Å². The lowest BCUT2D eigenvalue weighted by Crippen LogP contribution is -2.26. The van der Waals surface area contributed by atoms with E-state index in [4.69, 9.17) is 0 Å². The lowest BCUT2D eigenvalue weighted by molar-refractivity contribution is -0.128. The van der Waals surface area contributed by atoms with Gasteiger partial charge in [-0.1, -0.05) is 30.3 Å². The predicted octanol–water partition coefficient (Wildman–Crippen LogP) is 0.668. The van der Waals surface area contributed by atoms with Crippen LogP contribution in [0.3, 0.4) is 0 Å². The van der Waals surface area contributed by atoms with Gasteiger partial charge in [-0.2, -0.15) is 5.10 Å². The van der Waals surface area contributed by atoms with Crippen molar-refractivity contribution in [2.45, 2.75) is 6.42 Å². The molecular weight excluding hydrogens is 252 g/mol. The maximum atomic E-state index is 11.7. The Hall–Kier alpha value is -1.69. The number of hydrazone groups is 1. The van der Waals surface area contributed by atoms with Gasteiger partial charge in [-0.05, 0) is 5.56 Å². The van der Waals surface area contributed by atoms with Crippen LogP contribution in [0, 0.1) is 0 Å². The summed E-state index contributed by atoms with van der Waals surface area (Å²) < 4.78 is 22.1. The lowest BCUT2D eigenvalue weighted by atomic mass is 10.1. The summed E-state index contributed by atoms with van der Waals surface area (Å²) in [6.45, 7) is 0.119. The Morgan fingerprint density at radius 3 is 2.56 bits per heavy atom. The number of carbonyl (C=O) groups excluding carboxylic acids is 1. The van der Waals surface area contributed by atoms with Crippen molar-refractivity contribution in [3.05, 3.63) is 35.9 Å². The molecule has 1 aliphatic rings. The molecule has 0 fully saturated rings. The summed E-state index contributed by atoms with van der Waals surface area (Å²) in [5, 5.41) is 5.42. The molecule has 0 atom stereocenters. The third kappa shape index (κ3) is 3.16. The second-order valence-corrected chi connectivity index (χ2v) is 6.50. The van der Waals surface area contributed by atoms with Gasteiger partial charge in [0.2, 0.25) is 5.91 Å². The highest BCUT2D eigenvalue weighted by Crippen LogP contribution is 2.14. The molecule has 0 bridgehead atoms. The van der Waals surface area contributed by atoms with E-state index in [2.05, 4.69) is 5.10 Å². The summed E-state index contributed by atoms with van der Waals surface area (Å²) in [6, 6.07) is 9.41. The molecule has 0 aliphatic carbocycles. The molecule has 96 valence electrons. The lowest BCUT2D eigenvalue weighted by Gasteiger charge is -2.09. The maximum Gasteiger partial charge on any atom is 0.248 e. The van der Waals surface area contributed by atoms with Crippen LogP contribution >= 0.6 is 0 Å². The highest BCUT2D eigenvalue weighted by Gasteiger charge is 2.25. The van der Waals surface area contributed by atoms with Gasteiger partial charge in [-0.3, -0.25) is 4.79 Å². The fourth-order valence-corrected chi connectivity index (χ4v) is 2.19. The van der Waals surface area contributed by atoms with Gasteiger partial charge in [0, 0.05) is 6.26 Å². The van der Waals surface area contributed by atoms with Gasteiger partial charge in [0.15, 0.2) is 0 Å². The van der Waals surface area contributed by atoms with Crippen molar-refractivity contribution in [2.75, 3.05) is 18.6 Å². The van der Waals surface area contributed by atoms with E-state index in [0.717, 1.165) is 11.8 Å². The van der Waals surface area contributed by atoms with Crippen LogP contribution in [-0.4, -0.2) is 43.6 Å². The zero-order valence-corrected chi connectivity index (χ0v) is 10.9. The molecule has 0 N–H and O–H groups in total. The van der Waals surface area contributed by atoms with Gasteiger partial charge in [-0.15, -0.1) is 0 Å². The highest BCUT2D eigenvalue weighted by atomic mass is 32.2. The summed E-state index contributed by atoms with van der Waals surface area (Å²) in [5.41, 5.74) is 1.59. The molecule has 0 saturated heterocycles. The van der Waals surface area contributed by atoms with Crippen molar-refractivity contribution >= 4 is 21.5 Å². The van der Waals surface area contributed by atoms with Crippen LogP contribution in [0.1, 0.15) is 12.0 Å². The molecule has 1 amide bonds. The van der Waals surface area contributed by atoms with E-state index in [1.807, 2.05) is 30.3 Å². The van der Waals surface area contributed by atoms with Gasteiger partial charge in [0.25, 0.3) is 0 Å². The van der Waals surface area contributed by atoms with Gasteiger partial charge in [0.05, 0.1) is 24.4 Å². The Kier molecular flexibility index (Phi) is 3.47. The molecule has 0 radical (unpaired) electrons. The van der Waals surface area contributed by atoms with E-state index in [0.29, 0.717) is 5.71 Å². The van der Waals surface area contributed by atoms with Crippen LogP contribution < -0.4 is 0 Å². The summed E-state index contributed by atoms with van der Waals surface area (Å²) in [4.78, 5) is 11.7. The second kappa shape index (κ2) is 4.89. The number of benzene rings is 1. The fraction of sp³-hybridized carbons (Fsp3) is 0.333. The molecule has 0 aromatic heterocycles. The number of nitrogens with zero attached hydrogens (tertiary/aromatic N) is 2. The molecule has 5 nitrogen and oxygen atoms in total. The summed E-state index contributed by atoms with van der Waals surface area (Å²) in [7, 11) is -3.08. The Labute approximate surface area is 106 Å². The fourth-order valence-electron chi connectivity index (χ4n) is 1.69. The number of hydrogen-bond acceptors (Lipinski definition) is 4. The van der Waals surface area contributed by atoms with E-state index in [9.17, 15) is 13.2 Å². The Morgan fingerprint density at radius 2 is 1.94 bits per heavy atom. The SMILES string of the molecule is CS(=O)(=O)CCN1N=C(c2ccccc2)CC1=O. The normalized spacial score (nSPS) is 15.9. The zero-order valence-electron chi connectivity index (χ0n) is 10.0. The minimum absolute atomic E-state index is 0.0652. The van der Waals surface area contributed by atoms with E-state index in [-0.39, 0.29) is 24.6 Å². The van der Waals surface area contributed by atoms with E-state index >= 15 is 0 Å². The molecule has 6 heteroatoms. The van der Waals surface area contributed by atoms with Crippen LogP contribution in [0.25, 0.3) is 0 Å². The number of hydrogen-bond donors (Lipinski definition) is 0. The first-order chi connectivity index (χ1) is 8.46. The molecule has 0 spiro atoms. The molecule has 18 heavy (non-hydrogen) atoms.